The molecule has 7 heteroatoms. The van der Waals surface area contributed by atoms with Gasteiger partial charge in [-0.15, -0.1) is 0 Å². The molecule has 3 N–H and O–H groups in total. The Labute approximate surface area is 171 Å². The number of amides is 2. The number of halogens is 1. The zero-order valence-electron chi connectivity index (χ0n) is 14.8. The number of carbonyl (C=O) groups excluding carboxylic acids is 2. The van der Waals surface area contributed by atoms with Gasteiger partial charge in [0.05, 0.1) is 0 Å². The van der Waals surface area contributed by atoms with Crippen LogP contribution < -0.4 is 10.6 Å². The van der Waals surface area contributed by atoms with Gasteiger partial charge in [-0.3, -0.25) is 9.59 Å². The average Bonchev–Trinajstić information content (AvgIpc) is 2.62. The lowest BCUT2D eigenvalue weighted by atomic mass is 10.0. The van der Waals surface area contributed by atoms with Crippen molar-refractivity contribution >= 4 is 40.4 Å². The van der Waals surface area contributed by atoms with E-state index in [2.05, 4.69) is 33.2 Å². The summed E-state index contributed by atoms with van der Waals surface area (Å²) in [6, 6.07) is 14.7. The second-order valence-electron chi connectivity index (χ2n) is 6.14. The Morgan fingerprint density at radius 1 is 0.926 bits per heavy atom. The lowest BCUT2D eigenvalue weighted by Gasteiger charge is -2.21. The van der Waals surface area contributed by atoms with E-state index in [-0.39, 0.29) is 18.7 Å². The first-order valence-electron chi connectivity index (χ1n) is 8.44. The molecule has 0 spiro atoms. The number of aliphatic carboxylic acids is 1. The highest BCUT2D eigenvalue weighted by Crippen LogP contribution is 2.14. The van der Waals surface area contributed by atoms with Crippen LogP contribution in [0.5, 0.6) is 0 Å². The molecule has 0 aliphatic carbocycles. The fourth-order valence-electron chi connectivity index (χ4n) is 2.66. The molecule has 0 radical (unpaired) electrons. The van der Waals surface area contributed by atoms with Crippen LogP contribution in [0.15, 0.2) is 54.6 Å². The molecule has 0 heterocycles. The minimum absolute atomic E-state index is 0.165. The maximum absolute atomic E-state index is 12.7. The van der Waals surface area contributed by atoms with Gasteiger partial charge in [-0.2, -0.15) is 0 Å². The number of hydrogen-bond acceptors (Lipinski definition) is 3. The molecule has 0 aromatic heterocycles. The third-order valence-electron chi connectivity index (χ3n) is 3.97. The monoisotopic (exact) mass is 480 g/mol. The molecule has 27 heavy (non-hydrogen) atoms. The van der Waals surface area contributed by atoms with E-state index >= 15 is 0 Å². The molecule has 2 rings (SSSR count). The van der Waals surface area contributed by atoms with Crippen LogP contribution in [0.1, 0.15) is 18.1 Å². The number of carboxylic acids is 1. The van der Waals surface area contributed by atoms with Crippen LogP contribution in [0, 0.1) is 3.57 Å². The summed E-state index contributed by atoms with van der Waals surface area (Å²) in [5.74, 6) is -1.99. The van der Waals surface area contributed by atoms with E-state index in [1.54, 1.807) is 0 Å². The molecular formula is C20H21IN2O4. The van der Waals surface area contributed by atoms with Crippen LogP contribution in [0.25, 0.3) is 0 Å². The number of carbonyl (C=O) groups is 3. The number of carboxylic acid groups (broad SMARTS) is 1. The fourth-order valence-corrected chi connectivity index (χ4v) is 3.27. The quantitative estimate of drug-likeness (QED) is 0.505. The molecule has 2 aromatic rings. The van der Waals surface area contributed by atoms with Gasteiger partial charge >= 0.3 is 5.97 Å². The van der Waals surface area contributed by atoms with Crippen molar-refractivity contribution in [2.75, 3.05) is 0 Å². The van der Waals surface area contributed by atoms with Gasteiger partial charge in [0, 0.05) is 23.3 Å². The summed E-state index contributed by atoms with van der Waals surface area (Å²) in [5.41, 5.74) is 1.71. The topological polar surface area (TPSA) is 95.5 Å². The van der Waals surface area contributed by atoms with Crippen LogP contribution in [-0.4, -0.2) is 35.0 Å². The van der Waals surface area contributed by atoms with Crippen molar-refractivity contribution in [2.45, 2.75) is 31.8 Å². The molecule has 0 saturated carbocycles. The first-order valence-corrected chi connectivity index (χ1v) is 9.52. The summed E-state index contributed by atoms with van der Waals surface area (Å²) >= 11 is 2.13. The van der Waals surface area contributed by atoms with E-state index in [0.29, 0.717) is 0 Å². The van der Waals surface area contributed by atoms with Crippen molar-refractivity contribution in [2.24, 2.45) is 0 Å². The van der Waals surface area contributed by atoms with Gasteiger partial charge < -0.3 is 15.7 Å². The van der Waals surface area contributed by atoms with Gasteiger partial charge in [-0.05, 0) is 39.8 Å². The molecule has 0 bridgehead atoms. The van der Waals surface area contributed by atoms with Crippen LogP contribution >= 0.6 is 22.6 Å². The zero-order valence-corrected chi connectivity index (χ0v) is 17.0. The van der Waals surface area contributed by atoms with Crippen molar-refractivity contribution in [3.8, 4) is 0 Å². The van der Waals surface area contributed by atoms with Gasteiger partial charge in [-0.1, -0.05) is 48.5 Å². The third-order valence-corrected chi connectivity index (χ3v) is 5.03. The number of benzene rings is 2. The van der Waals surface area contributed by atoms with Gasteiger partial charge in [0.2, 0.25) is 11.8 Å². The van der Waals surface area contributed by atoms with Gasteiger partial charge in [0.1, 0.15) is 12.1 Å². The van der Waals surface area contributed by atoms with Crippen molar-refractivity contribution in [3.63, 3.8) is 0 Å². The Bertz CT molecular complexity index is 811. The second kappa shape index (κ2) is 10.1. The van der Waals surface area contributed by atoms with E-state index in [1.165, 1.54) is 6.92 Å². The largest absolute Gasteiger partial charge is 0.480 e. The van der Waals surface area contributed by atoms with Crippen LogP contribution in [-0.2, 0) is 27.2 Å². The van der Waals surface area contributed by atoms with E-state index in [4.69, 9.17) is 0 Å². The van der Waals surface area contributed by atoms with E-state index < -0.39 is 24.0 Å². The fraction of sp³-hybridized carbons (Fsp3) is 0.250. The highest BCUT2D eigenvalue weighted by atomic mass is 127. The first-order chi connectivity index (χ1) is 12.9. The maximum atomic E-state index is 12.7. The molecule has 142 valence electrons. The lowest BCUT2D eigenvalue weighted by Crippen LogP contribution is -2.52. The van der Waals surface area contributed by atoms with Gasteiger partial charge in [-0.25, -0.2) is 4.79 Å². The highest BCUT2D eigenvalue weighted by molar-refractivity contribution is 14.1. The molecule has 0 saturated heterocycles. The number of nitrogens with one attached hydrogen (secondary N) is 2. The smallest absolute Gasteiger partial charge is 0.326 e. The minimum atomic E-state index is -1.12. The third kappa shape index (κ3) is 6.67. The Morgan fingerprint density at radius 3 is 2.15 bits per heavy atom. The van der Waals surface area contributed by atoms with Gasteiger partial charge in [0.15, 0.2) is 0 Å². The molecule has 0 unspecified atom stereocenters. The number of rotatable bonds is 8. The SMILES string of the molecule is CC(=O)N[C@@H](Cc1ccccc1)C(=O)N[C@@H](Cc1ccccc1I)C(=O)O. The molecular weight excluding hydrogens is 459 g/mol. The Balaban J connectivity index is 2.13. The van der Waals surface area contributed by atoms with Crippen LogP contribution in [0.4, 0.5) is 0 Å². The van der Waals surface area contributed by atoms with Crippen molar-refractivity contribution in [1.82, 2.24) is 10.6 Å². The first kappa shape index (κ1) is 20.9. The lowest BCUT2D eigenvalue weighted by molar-refractivity contribution is -0.142. The van der Waals surface area contributed by atoms with E-state index in [0.717, 1.165) is 14.7 Å². The zero-order chi connectivity index (χ0) is 19.8. The summed E-state index contributed by atoms with van der Waals surface area (Å²) < 4.78 is 0.929. The second-order valence-corrected chi connectivity index (χ2v) is 7.30. The predicted octanol–water partition coefficient (Wildman–Crippen LogP) is 2.15. The predicted molar refractivity (Wildman–Crippen MR) is 110 cm³/mol. The molecule has 0 aliphatic rings. The Hall–Kier alpha value is -2.42. The van der Waals surface area contributed by atoms with E-state index in [1.807, 2.05) is 54.6 Å². The summed E-state index contributed by atoms with van der Waals surface area (Å²) in [6.45, 7) is 1.33. The minimum Gasteiger partial charge on any atom is -0.480 e. The molecule has 2 atom stereocenters. The van der Waals surface area contributed by atoms with E-state index in [9.17, 15) is 19.5 Å². The standard InChI is InChI=1S/C20H21IN2O4/c1-13(24)22-17(11-14-7-3-2-4-8-14)19(25)23-18(20(26)27)12-15-9-5-6-10-16(15)21/h2-10,17-18H,11-12H2,1H3,(H,22,24)(H,23,25)(H,26,27)/t17-,18-/m0/s1. The van der Waals surface area contributed by atoms with Crippen molar-refractivity contribution in [3.05, 3.63) is 69.3 Å². The average molecular weight is 480 g/mol. The number of hydrogen-bond donors (Lipinski definition) is 3. The summed E-state index contributed by atoms with van der Waals surface area (Å²) in [5, 5.41) is 14.7. The van der Waals surface area contributed by atoms with Crippen molar-refractivity contribution in [1.29, 1.82) is 0 Å². The maximum Gasteiger partial charge on any atom is 0.326 e. The summed E-state index contributed by atoms with van der Waals surface area (Å²) in [7, 11) is 0. The molecule has 2 amide bonds. The summed E-state index contributed by atoms with van der Waals surface area (Å²) in [6.07, 6.45) is 0.444. The molecule has 6 nitrogen and oxygen atoms in total. The van der Waals surface area contributed by atoms with Crippen LogP contribution in [0.3, 0.4) is 0 Å². The van der Waals surface area contributed by atoms with Crippen LogP contribution in [0.2, 0.25) is 0 Å². The highest BCUT2D eigenvalue weighted by Gasteiger charge is 2.26. The van der Waals surface area contributed by atoms with Gasteiger partial charge in [0.25, 0.3) is 0 Å². The Morgan fingerprint density at radius 2 is 1.56 bits per heavy atom. The molecule has 0 aliphatic heterocycles. The van der Waals surface area contributed by atoms with Crippen molar-refractivity contribution < 1.29 is 19.5 Å². The molecule has 0 fully saturated rings. The summed E-state index contributed by atoms with van der Waals surface area (Å²) in [4.78, 5) is 35.8. The Kier molecular flexibility index (Phi) is 7.78. The normalized spacial score (nSPS) is 12.7. The molecule has 2 aromatic carbocycles.